The monoisotopic (exact) mass is 391 g/mol. The molecule has 1 saturated heterocycles. The van der Waals surface area contributed by atoms with Crippen molar-refractivity contribution in [2.75, 3.05) is 32.8 Å². The molecule has 10 nitrogen and oxygen atoms in total. The van der Waals surface area contributed by atoms with Crippen molar-refractivity contribution in [1.82, 2.24) is 4.90 Å². The number of nitrogens with zero attached hydrogens (tertiary/aromatic N) is 3. The normalized spacial score (nSPS) is 22.6. The number of benzene rings is 1. The maximum Gasteiger partial charge on any atom is 0.339 e. The van der Waals surface area contributed by atoms with Crippen molar-refractivity contribution < 1.29 is 24.1 Å². The number of morpholine rings is 1. The Morgan fingerprint density at radius 2 is 1.79 bits per heavy atom. The minimum atomic E-state index is -0.812. The van der Waals surface area contributed by atoms with Gasteiger partial charge in [-0.3, -0.25) is 25.1 Å². The lowest BCUT2D eigenvalue weighted by Crippen LogP contribution is -2.40. The predicted molar refractivity (Wildman–Crippen MR) is 98.1 cm³/mol. The van der Waals surface area contributed by atoms with Crippen molar-refractivity contribution in [3.8, 4) is 0 Å². The number of hydrogen-bond donors (Lipinski definition) is 0. The number of esters is 1. The molecule has 10 heteroatoms. The summed E-state index contributed by atoms with van der Waals surface area (Å²) < 4.78 is 10.8. The molecule has 1 fully saturated rings. The van der Waals surface area contributed by atoms with Crippen LogP contribution < -0.4 is 0 Å². The van der Waals surface area contributed by atoms with Gasteiger partial charge in [0.25, 0.3) is 11.4 Å². The Morgan fingerprint density at radius 3 is 2.39 bits per heavy atom. The number of non-ortho nitro benzene ring substituents is 2. The molecule has 0 saturated carbocycles. The fourth-order valence-electron chi connectivity index (χ4n) is 3.44. The smallest absolute Gasteiger partial charge is 0.339 e. The van der Waals surface area contributed by atoms with E-state index in [1.807, 2.05) is 6.08 Å². The van der Waals surface area contributed by atoms with Gasteiger partial charge >= 0.3 is 5.97 Å². The first-order valence-corrected chi connectivity index (χ1v) is 9.04. The molecule has 1 aromatic rings. The summed E-state index contributed by atoms with van der Waals surface area (Å²) in [4.78, 5) is 35.2. The molecule has 0 spiro atoms. The van der Waals surface area contributed by atoms with E-state index >= 15 is 0 Å². The van der Waals surface area contributed by atoms with Crippen LogP contribution in [0.25, 0.3) is 0 Å². The first kappa shape index (κ1) is 19.9. The number of allylic oxidation sites excluding steroid dienone is 1. The lowest BCUT2D eigenvalue weighted by atomic mass is 9.91. The highest BCUT2D eigenvalue weighted by atomic mass is 16.6. The molecule has 0 radical (unpaired) electrons. The summed E-state index contributed by atoms with van der Waals surface area (Å²) in [5, 5.41) is 22.0. The highest BCUT2D eigenvalue weighted by molar-refractivity contribution is 5.91. The van der Waals surface area contributed by atoms with E-state index < -0.39 is 33.3 Å². The molecule has 0 aromatic heterocycles. The number of nitro benzene ring substituents is 2. The van der Waals surface area contributed by atoms with Crippen LogP contribution in [0.2, 0.25) is 0 Å². The van der Waals surface area contributed by atoms with E-state index in [-0.39, 0.29) is 5.56 Å². The van der Waals surface area contributed by atoms with Crippen LogP contribution in [-0.4, -0.2) is 59.7 Å². The van der Waals surface area contributed by atoms with E-state index in [0.717, 1.165) is 44.3 Å². The minimum absolute atomic E-state index is 0.204. The first-order chi connectivity index (χ1) is 13.4. The second-order valence-corrected chi connectivity index (χ2v) is 6.87. The van der Waals surface area contributed by atoms with E-state index in [1.54, 1.807) is 6.08 Å². The van der Waals surface area contributed by atoms with Gasteiger partial charge in [-0.25, -0.2) is 4.79 Å². The summed E-state index contributed by atoms with van der Waals surface area (Å²) >= 11 is 0. The van der Waals surface area contributed by atoms with Crippen molar-refractivity contribution in [3.05, 3.63) is 56.1 Å². The van der Waals surface area contributed by atoms with Crippen LogP contribution in [0.15, 0.2) is 30.4 Å². The minimum Gasteiger partial charge on any atom is -0.455 e. The zero-order valence-electron chi connectivity index (χ0n) is 15.2. The van der Waals surface area contributed by atoms with Gasteiger partial charge in [0.15, 0.2) is 0 Å². The van der Waals surface area contributed by atoms with Crippen molar-refractivity contribution in [1.29, 1.82) is 0 Å². The number of carbonyl (C=O) groups is 1. The largest absolute Gasteiger partial charge is 0.455 e. The number of ether oxygens (including phenoxy) is 2. The van der Waals surface area contributed by atoms with Gasteiger partial charge in [0.1, 0.15) is 6.10 Å². The molecule has 2 aliphatic rings. The second-order valence-electron chi connectivity index (χ2n) is 6.87. The Hall–Kier alpha value is -2.85. The molecule has 1 aromatic carbocycles. The molecule has 0 N–H and O–H groups in total. The summed E-state index contributed by atoms with van der Waals surface area (Å²) in [6.07, 6.45) is 4.80. The van der Waals surface area contributed by atoms with E-state index in [0.29, 0.717) is 25.6 Å². The average Bonchev–Trinajstić information content (AvgIpc) is 2.68. The molecule has 0 amide bonds. The number of rotatable bonds is 6. The summed E-state index contributed by atoms with van der Waals surface area (Å²) in [7, 11) is 0. The molecule has 1 aliphatic heterocycles. The second kappa shape index (κ2) is 8.89. The molecule has 1 heterocycles. The zero-order chi connectivity index (χ0) is 20.1. The Kier molecular flexibility index (Phi) is 6.32. The van der Waals surface area contributed by atoms with Crippen LogP contribution >= 0.6 is 0 Å². The van der Waals surface area contributed by atoms with Gasteiger partial charge in [0.2, 0.25) is 0 Å². The average molecular weight is 391 g/mol. The Morgan fingerprint density at radius 1 is 1.14 bits per heavy atom. The third-order valence-corrected chi connectivity index (χ3v) is 4.82. The maximum absolute atomic E-state index is 12.4. The van der Waals surface area contributed by atoms with E-state index in [1.165, 1.54) is 0 Å². The molecule has 28 heavy (non-hydrogen) atoms. The van der Waals surface area contributed by atoms with Gasteiger partial charge < -0.3 is 9.47 Å². The van der Waals surface area contributed by atoms with Gasteiger partial charge in [-0.15, -0.1) is 0 Å². The first-order valence-electron chi connectivity index (χ1n) is 9.04. The molecule has 0 bridgehead atoms. The third kappa shape index (κ3) is 5.11. The Labute approximate surface area is 161 Å². The van der Waals surface area contributed by atoms with E-state index in [4.69, 9.17) is 9.47 Å². The maximum atomic E-state index is 12.4. The summed E-state index contributed by atoms with van der Waals surface area (Å²) in [6.45, 7) is 4.06. The molecule has 0 unspecified atom stereocenters. The standard InChI is InChI=1S/C18H21N3O7/c22-18(14-9-15(20(23)24)11-16(10-14)21(25)26)28-17-3-1-2-13(8-17)12-19-4-6-27-7-5-19/h1,3,9-11,13,17H,2,4-8,12H2/t13-,17+/m0/s1. The summed E-state index contributed by atoms with van der Waals surface area (Å²) in [6, 6.07) is 2.80. The van der Waals surface area contributed by atoms with Gasteiger partial charge in [0.05, 0.1) is 34.7 Å². The quantitative estimate of drug-likeness (QED) is 0.313. The Balaban J connectivity index is 1.65. The van der Waals surface area contributed by atoms with Gasteiger partial charge in [-0.05, 0) is 24.8 Å². The Bertz CT molecular complexity index is 757. The van der Waals surface area contributed by atoms with Gasteiger partial charge in [-0.2, -0.15) is 0 Å². The van der Waals surface area contributed by atoms with Crippen LogP contribution in [0, 0.1) is 26.1 Å². The van der Waals surface area contributed by atoms with Gasteiger partial charge in [-0.1, -0.05) is 6.08 Å². The highest BCUT2D eigenvalue weighted by Crippen LogP contribution is 2.26. The number of hydrogen-bond acceptors (Lipinski definition) is 8. The van der Waals surface area contributed by atoms with Crippen LogP contribution in [-0.2, 0) is 9.47 Å². The molecular formula is C18H21N3O7. The fraction of sp³-hybridized carbons (Fsp3) is 0.500. The van der Waals surface area contributed by atoms with E-state index in [2.05, 4.69) is 4.90 Å². The molecule has 1 aliphatic carbocycles. The topological polar surface area (TPSA) is 125 Å². The SMILES string of the molecule is O=C(O[C@@H]1C=CC[C@H](CN2CCOCC2)C1)c1cc([N+](=O)[O-])cc([N+](=O)[O-])c1. The summed E-state index contributed by atoms with van der Waals surface area (Å²) in [5.74, 6) is -0.492. The number of carbonyl (C=O) groups excluding carboxylic acids is 1. The molecular weight excluding hydrogens is 370 g/mol. The third-order valence-electron chi connectivity index (χ3n) is 4.82. The zero-order valence-corrected chi connectivity index (χ0v) is 15.2. The van der Waals surface area contributed by atoms with Crippen molar-refractivity contribution in [2.45, 2.75) is 18.9 Å². The van der Waals surface area contributed by atoms with Crippen molar-refractivity contribution >= 4 is 17.3 Å². The number of nitro groups is 2. The summed E-state index contributed by atoms with van der Waals surface area (Å²) in [5.41, 5.74) is -1.25. The van der Waals surface area contributed by atoms with Crippen LogP contribution in [0.1, 0.15) is 23.2 Å². The van der Waals surface area contributed by atoms with Crippen LogP contribution in [0.3, 0.4) is 0 Å². The molecule has 150 valence electrons. The lowest BCUT2D eigenvalue weighted by Gasteiger charge is -2.32. The van der Waals surface area contributed by atoms with Crippen molar-refractivity contribution in [3.63, 3.8) is 0 Å². The fourth-order valence-corrected chi connectivity index (χ4v) is 3.44. The highest BCUT2D eigenvalue weighted by Gasteiger charge is 2.26. The van der Waals surface area contributed by atoms with E-state index in [9.17, 15) is 25.0 Å². The molecule has 3 rings (SSSR count). The van der Waals surface area contributed by atoms with Crippen LogP contribution in [0.5, 0.6) is 0 Å². The van der Waals surface area contributed by atoms with Crippen LogP contribution in [0.4, 0.5) is 11.4 Å². The predicted octanol–water partition coefficient (Wildman–Crippen LogP) is 2.33. The van der Waals surface area contributed by atoms with Gasteiger partial charge in [0, 0.05) is 31.8 Å². The molecule has 2 atom stereocenters. The lowest BCUT2D eigenvalue weighted by molar-refractivity contribution is -0.394. The van der Waals surface area contributed by atoms with Crippen molar-refractivity contribution in [2.24, 2.45) is 5.92 Å².